The fourth-order valence-corrected chi connectivity index (χ4v) is 4.00. The van der Waals surface area contributed by atoms with Crippen LogP contribution in [0.1, 0.15) is 53.9 Å². The summed E-state index contributed by atoms with van der Waals surface area (Å²) in [7, 11) is 0. The molecule has 1 atom stereocenters. The van der Waals surface area contributed by atoms with Crippen LogP contribution in [-0.4, -0.2) is 4.98 Å². The Morgan fingerprint density at radius 2 is 2.00 bits per heavy atom. The lowest BCUT2D eigenvalue weighted by Crippen LogP contribution is -2.20. The molecule has 0 amide bonds. The van der Waals surface area contributed by atoms with Crippen molar-refractivity contribution in [1.29, 1.82) is 0 Å². The summed E-state index contributed by atoms with van der Waals surface area (Å²) in [6.07, 6.45) is 3.41. The van der Waals surface area contributed by atoms with Gasteiger partial charge in [0.05, 0.1) is 5.69 Å². The van der Waals surface area contributed by atoms with Gasteiger partial charge in [-0.15, -0.1) is 11.3 Å². The Morgan fingerprint density at radius 3 is 2.68 bits per heavy atom. The third kappa shape index (κ3) is 2.21. The van der Waals surface area contributed by atoms with Crippen LogP contribution in [0.5, 0.6) is 0 Å². The minimum Gasteiger partial charge on any atom is -0.323 e. The lowest BCUT2D eigenvalue weighted by molar-refractivity contribution is 0.555. The highest BCUT2D eigenvalue weighted by Crippen LogP contribution is 2.39. The Labute approximate surface area is 118 Å². The lowest BCUT2D eigenvalue weighted by atomic mass is 9.85. The average Bonchev–Trinajstić information content (AvgIpc) is 2.86. The van der Waals surface area contributed by atoms with Crippen LogP contribution in [0.15, 0.2) is 30.3 Å². The first-order valence-electron chi connectivity index (χ1n) is 6.90. The SMILES string of the molecule is CC(C)(c1ccccc1)c1nc2c(s1)CCCC2N. The number of benzene rings is 1. The van der Waals surface area contributed by atoms with Crippen LogP contribution < -0.4 is 5.73 Å². The van der Waals surface area contributed by atoms with E-state index in [2.05, 4.69) is 44.2 Å². The van der Waals surface area contributed by atoms with E-state index in [1.165, 1.54) is 21.9 Å². The monoisotopic (exact) mass is 272 g/mol. The van der Waals surface area contributed by atoms with Gasteiger partial charge in [0.1, 0.15) is 5.01 Å². The van der Waals surface area contributed by atoms with Crippen molar-refractivity contribution in [3.05, 3.63) is 51.5 Å². The van der Waals surface area contributed by atoms with Crippen molar-refractivity contribution in [3.63, 3.8) is 0 Å². The standard InChI is InChI=1S/C16H20N2S/c1-16(2,11-7-4-3-5-8-11)15-18-14-12(17)9-6-10-13(14)19-15/h3-5,7-8,12H,6,9-10,17H2,1-2H3. The van der Waals surface area contributed by atoms with Gasteiger partial charge in [0.15, 0.2) is 0 Å². The molecular weight excluding hydrogens is 252 g/mol. The molecule has 1 aromatic heterocycles. The fraction of sp³-hybridized carbons (Fsp3) is 0.438. The molecule has 0 aliphatic heterocycles. The van der Waals surface area contributed by atoms with E-state index < -0.39 is 0 Å². The van der Waals surface area contributed by atoms with Crippen LogP contribution in [0, 0.1) is 0 Å². The zero-order chi connectivity index (χ0) is 13.5. The van der Waals surface area contributed by atoms with Gasteiger partial charge in [-0.1, -0.05) is 30.3 Å². The van der Waals surface area contributed by atoms with Gasteiger partial charge in [-0.3, -0.25) is 0 Å². The molecule has 0 spiro atoms. The molecule has 1 aromatic carbocycles. The molecule has 0 saturated heterocycles. The summed E-state index contributed by atoms with van der Waals surface area (Å²) in [4.78, 5) is 6.27. The molecule has 0 radical (unpaired) electrons. The molecule has 3 rings (SSSR count). The molecule has 2 nitrogen and oxygen atoms in total. The molecule has 1 heterocycles. The third-order valence-corrected chi connectivity index (χ3v) is 5.48. The Kier molecular flexibility index (Phi) is 3.19. The first-order chi connectivity index (χ1) is 9.09. The molecule has 1 aliphatic carbocycles. The largest absolute Gasteiger partial charge is 0.323 e. The van der Waals surface area contributed by atoms with E-state index in [-0.39, 0.29) is 11.5 Å². The smallest absolute Gasteiger partial charge is 0.103 e. The summed E-state index contributed by atoms with van der Waals surface area (Å²) >= 11 is 1.85. The van der Waals surface area contributed by atoms with Crippen LogP contribution in [0.25, 0.3) is 0 Å². The van der Waals surface area contributed by atoms with Gasteiger partial charge < -0.3 is 5.73 Å². The number of hydrogen-bond acceptors (Lipinski definition) is 3. The summed E-state index contributed by atoms with van der Waals surface area (Å²) in [5.74, 6) is 0. The van der Waals surface area contributed by atoms with Gasteiger partial charge in [0.25, 0.3) is 0 Å². The number of nitrogens with two attached hydrogens (primary N) is 1. The van der Waals surface area contributed by atoms with Gasteiger partial charge in [0.2, 0.25) is 0 Å². The summed E-state index contributed by atoms with van der Waals surface area (Å²) in [5.41, 5.74) is 8.61. The second kappa shape index (κ2) is 4.73. The molecule has 0 fully saturated rings. The number of thiazole rings is 1. The molecule has 100 valence electrons. The van der Waals surface area contributed by atoms with Gasteiger partial charge in [-0.2, -0.15) is 0 Å². The van der Waals surface area contributed by atoms with Gasteiger partial charge in [0, 0.05) is 16.3 Å². The summed E-state index contributed by atoms with van der Waals surface area (Å²) < 4.78 is 0. The minimum atomic E-state index is -0.0387. The van der Waals surface area contributed by atoms with E-state index in [1.807, 2.05) is 11.3 Å². The molecule has 1 aliphatic rings. The highest BCUT2D eigenvalue weighted by atomic mass is 32.1. The molecule has 2 N–H and O–H groups in total. The Morgan fingerprint density at radius 1 is 1.26 bits per heavy atom. The molecule has 19 heavy (non-hydrogen) atoms. The molecule has 1 unspecified atom stereocenters. The molecule has 0 saturated carbocycles. The number of aryl methyl sites for hydroxylation is 1. The number of fused-ring (bicyclic) bond motifs is 1. The van der Waals surface area contributed by atoms with Crippen molar-refractivity contribution in [3.8, 4) is 0 Å². The van der Waals surface area contributed by atoms with Crippen molar-refractivity contribution < 1.29 is 0 Å². The highest BCUT2D eigenvalue weighted by molar-refractivity contribution is 7.12. The third-order valence-electron chi connectivity index (χ3n) is 4.03. The van der Waals surface area contributed by atoms with Crippen LogP contribution in [0.2, 0.25) is 0 Å². The van der Waals surface area contributed by atoms with Crippen LogP contribution in [-0.2, 0) is 11.8 Å². The Hall–Kier alpha value is -1.19. The maximum absolute atomic E-state index is 6.19. The predicted molar refractivity (Wildman–Crippen MR) is 80.6 cm³/mol. The molecule has 3 heteroatoms. The normalized spacial score (nSPS) is 19.2. The first-order valence-corrected chi connectivity index (χ1v) is 7.72. The fourth-order valence-electron chi connectivity index (χ4n) is 2.70. The number of nitrogens with zero attached hydrogens (tertiary/aromatic N) is 1. The molecule has 0 bridgehead atoms. The van der Waals surface area contributed by atoms with E-state index in [1.54, 1.807) is 0 Å². The molecule has 2 aromatic rings. The number of aromatic nitrogens is 1. The Bertz CT molecular complexity index is 572. The van der Waals surface area contributed by atoms with E-state index in [0.29, 0.717) is 0 Å². The maximum atomic E-state index is 6.19. The zero-order valence-electron chi connectivity index (χ0n) is 11.5. The van der Waals surface area contributed by atoms with Crippen molar-refractivity contribution in [1.82, 2.24) is 4.98 Å². The Balaban J connectivity index is 2.03. The van der Waals surface area contributed by atoms with Crippen LogP contribution >= 0.6 is 11.3 Å². The zero-order valence-corrected chi connectivity index (χ0v) is 12.3. The topological polar surface area (TPSA) is 38.9 Å². The summed E-state index contributed by atoms with van der Waals surface area (Å²) in [6, 6.07) is 10.7. The number of rotatable bonds is 2. The van der Waals surface area contributed by atoms with E-state index >= 15 is 0 Å². The lowest BCUT2D eigenvalue weighted by Gasteiger charge is -2.22. The highest BCUT2D eigenvalue weighted by Gasteiger charge is 2.30. The van der Waals surface area contributed by atoms with Gasteiger partial charge in [-0.05, 0) is 38.7 Å². The predicted octanol–water partition coefficient (Wildman–Crippen LogP) is 3.81. The summed E-state index contributed by atoms with van der Waals surface area (Å²) in [6.45, 7) is 4.50. The van der Waals surface area contributed by atoms with Gasteiger partial charge >= 0.3 is 0 Å². The van der Waals surface area contributed by atoms with E-state index in [9.17, 15) is 0 Å². The van der Waals surface area contributed by atoms with Crippen LogP contribution in [0.4, 0.5) is 0 Å². The maximum Gasteiger partial charge on any atom is 0.103 e. The summed E-state index contributed by atoms with van der Waals surface area (Å²) in [5, 5.41) is 1.20. The number of hydrogen-bond donors (Lipinski definition) is 1. The van der Waals surface area contributed by atoms with Crippen molar-refractivity contribution in [2.75, 3.05) is 0 Å². The van der Waals surface area contributed by atoms with Crippen LogP contribution in [0.3, 0.4) is 0 Å². The second-order valence-electron chi connectivity index (χ2n) is 5.82. The quantitative estimate of drug-likeness (QED) is 0.903. The van der Waals surface area contributed by atoms with E-state index in [4.69, 9.17) is 10.7 Å². The first kappa shape index (κ1) is 12.8. The van der Waals surface area contributed by atoms with Gasteiger partial charge in [-0.25, -0.2) is 4.98 Å². The second-order valence-corrected chi connectivity index (χ2v) is 6.90. The van der Waals surface area contributed by atoms with Crippen molar-refractivity contribution >= 4 is 11.3 Å². The van der Waals surface area contributed by atoms with Crippen molar-refractivity contribution in [2.24, 2.45) is 5.73 Å². The molecular formula is C16H20N2S. The average molecular weight is 272 g/mol. The van der Waals surface area contributed by atoms with Crippen molar-refractivity contribution in [2.45, 2.75) is 44.6 Å². The minimum absolute atomic E-state index is 0.0387. The van der Waals surface area contributed by atoms with E-state index in [0.717, 1.165) is 18.5 Å².